The molecule has 164 valence electrons. The molecule has 3 aromatic rings. The number of aromatic nitrogens is 4. The Bertz CT molecular complexity index is 1020. The van der Waals surface area contributed by atoms with Crippen molar-refractivity contribution in [3.63, 3.8) is 0 Å². The lowest BCUT2D eigenvalue weighted by molar-refractivity contribution is 0.149. The Morgan fingerprint density at radius 1 is 1.06 bits per heavy atom. The minimum Gasteiger partial charge on any atom is -0.488 e. The molecule has 1 aromatic carbocycles. The van der Waals surface area contributed by atoms with E-state index in [1.807, 2.05) is 30.6 Å². The van der Waals surface area contributed by atoms with Crippen LogP contribution in [-0.2, 0) is 0 Å². The lowest BCUT2D eigenvalue weighted by Gasteiger charge is -2.28. The maximum atomic E-state index is 6.32. The Balaban J connectivity index is 1.31. The number of hydrogen-bond donors (Lipinski definition) is 2. The Labute approximate surface area is 182 Å². The van der Waals surface area contributed by atoms with Crippen LogP contribution in [0.1, 0.15) is 44.6 Å². The molecule has 8 nitrogen and oxygen atoms in total. The smallest absolute Gasteiger partial charge is 0.227 e. The van der Waals surface area contributed by atoms with Crippen molar-refractivity contribution in [2.75, 3.05) is 25.5 Å². The topological polar surface area (TPSA) is 94.1 Å². The number of fused-ring (bicyclic) bond motifs is 1. The van der Waals surface area contributed by atoms with E-state index in [0.29, 0.717) is 18.0 Å². The molecule has 1 saturated heterocycles. The second kappa shape index (κ2) is 8.80. The zero-order valence-corrected chi connectivity index (χ0v) is 18.1. The second-order valence-corrected chi connectivity index (χ2v) is 8.91. The maximum Gasteiger partial charge on any atom is 0.227 e. The lowest BCUT2D eigenvalue weighted by Crippen LogP contribution is -2.31. The van der Waals surface area contributed by atoms with Gasteiger partial charge in [-0.05, 0) is 64.7 Å². The Kier molecular flexibility index (Phi) is 5.74. The van der Waals surface area contributed by atoms with Crippen molar-refractivity contribution in [2.24, 2.45) is 5.73 Å². The molecule has 0 atom stereocenters. The van der Waals surface area contributed by atoms with Crippen LogP contribution in [0, 0.1) is 0 Å². The molecule has 0 spiro atoms. The van der Waals surface area contributed by atoms with E-state index >= 15 is 0 Å². The normalized spacial score (nSPS) is 23.2. The number of para-hydroxylation sites is 1. The van der Waals surface area contributed by atoms with Gasteiger partial charge in [0.25, 0.3) is 0 Å². The monoisotopic (exact) mass is 421 g/mol. The predicted octanol–water partition coefficient (Wildman–Crippen LogP) is 3.49. The van der Waals surface area contributed by atoms with Gasteiger partial charge in [0, 0.05) is 23.8 Å². The summed E-state index contributed by atoms with van der Waals surface area (Å²) in [5.74, 6) is 1.36. The third-order valence-electron chi connectivity index (χ3n) is 6.51. The first-order chi connectivity index (χ1) is 15.1. The Hall–Kier alpha value is -2.71. The maximum absolute atomic E-state index is 6.32. The molecule has 2 aliphatic rings. The molecule has 0 amide bonds. The van der Waals surface area contributed by atoms with Crippen LogP contribution in [0.5, 0.6) is 5.75 Å². The SMILES string of the molecule is CN1CCC(n2cc(Nc3ncc4cccc(O[C@H]5CC[C@@H](N)CC5)c4n3)cn2)CC1. The predicted molar refractivity (Wildman–Crippen MR) is 122 cm³/mol. The molecular weight excluding hydrogens is 390 g/mol. The highest BCUT2D eigenvalue weighted by molar-refractivity contribution is 5.84. The van der Waals surface area contributed by atoms with Gasteiger partial charge >= 0.3 is 0 Å². The van der Waals surface area contributed by atoms with Crippen molar-refractivity contribution in [3.05, 3.63) is 36.8 Å². The molecule has 1 aliphatic carbocycles. The van der Waals surface area contributed by atoms with E-state index < -0.39 is 0 Å². The molecule has 0 unspecified atom stereocenters. The highest BCUT2D eigenvalue weighted by Gasteiger charge is 2.21. The van der Waals surface area contributed by atoms with E-state index in [0.717, 1.165) is 74.0 Å². The van der Waals surface area contributed by atoms with Crippen LogP contribution in [-0.4, -0.2) is 56.9 Å². The number of benzene rings is 1. The van der Waals surface area contributed by atoms with Crippen LogP contribution in [0.15, 0.2) is 36.8 Å². The Morgan fingerprint density at radius 3 is 2.68 bits per heavy atom. The second-order valence-electron chi connectivity index (χ2n) is 8.91. The van der Waals surface area contributed by atoms with Gasteiger partial charge in [0.1, 0.15) is 11.3 Å². The number of nitrogens with zero attached hydrogens (tertiary/aromatic N) is 5. The van der Waals surface area contributed by atoms with Gasteiger partial charge in [0.05, 0.1) is 24.0 Å². The fourth-order valence-electron chi connectivity index (χ4n) is 4.56. The molecule has 5 rings (SSSR count). The highest BCUT2D eigenvalue weighted by atomic mass is 16.5. The standard InChI is InChI=1S/C23H31N7O/c1-29-11-9-19(10-12-29)30-15-18(14-26-30)27-23-25-13-16-3-2-4-21(22(16)28-23)31-20-7-5-17(24)6-8-20/h2-4,13-15,17,19-20H,5-12,24H2,1H3,(H,25,27,28)/t17-,20+. The van der Waals surface area contributed by atoms with Crippen LogP contribution in [0.4, 0.5) is 11.6 Å². The zero-order valence-electron chi connectivity index (χ0n) is 18.1. The highest BCUT2D eigenvalue weighted by Crippen LogP contribution is 2.29. The van der Waals surface area contributed by atoms with E-state index in [9.17, 15) is 0 Å². The minimum absolute atomic E-state index is 0.199. The Morgan fingerprint density at radius 2 is 1.87 bits per heavy atom. The van der Waals surface area contributed by atoms with E-state index in [4.69, 9.17) is 15.5 Å². The summed E-state index contributed by atoms with van der Waals surface area (Å²) in [6, 6.07) is 6.76. The third kappa shape index (κ3) is 4.65. The zero-order chi connectivity index (χ0) is 21.2. The van der Waals surface area contributed by atoms with Crippen LogP contribution in [0.25, 0.3) is 10.9 Å². The van der Waals surface area contributed by atoms with Crippen LogP contribution in [0.2, 0.25) is 0 Å². The average Bonchev–Trinajstić information content (AvgIpc) is 3.25. The molecular formula is C23H31N7O. The first kappa shape index (κ1) is 20.2. The number of nitrogens with two attached hydrogens (primary N) is 1. The fraction of sp³-hybridized carbons (Fsp3) is 0.522. The number of anilines is 2. The summed E-state index contributed by atoms with van der Waals surface area (Å²) in [4.78, 5) is 11.6. The minimum atomic E-state index is 0.199. The summed E-state index contributed by atoms with van der Waals surface area (Å²) in [6.07, 6.45) is 12.2. The lowest BCUT2D eigenvalue weighted by atomic mass is 9.94. The van der Waals surface area contributed by atoms with Crippen molar-refractivity contribution in [2.45, 2.75) is 56.7 Å². The van der Waals surface area contributed by atoms with Crippen molar-refractivity contribution >= 4 is 22.5 Å². The largest absolute Gasteiger partial charge is 0.488 e. The van der Waals surface area contributed by atoms with Gasteiger partial charge in [-0.3, -0.25) is 4.68 Å². The molecule has 0 radical (unpaired) electrons. The third-order valence-corrected chi connectivity index (χ3v) is 6.51. The number of nitrogens with one attached hydrogen (secondary N) is 1. The van der Waals surface area contributed by atoms with Gasteiger partial charge < -0.3 is 20.7 Å². The van der Waals surface area contributed by atoms with Gasteiger partial charge in [0.15, 0.2) is 0 Å². The van der Waals surface area contributed by atoms with Gasteiger partial charge in [-0.1, -0.05) is 12.1 Å². The van der Waals surface area contributed by atoms with Gasteiger partial charge in [-0.15, -0.1) is 0 Å². The molecule has 1 saturated carbocycles. The van der Waals surface area contributed by atoms with Crippen molar-refractivity contribution < 1.29 is 4.74 Å². The van der Waals surface area contributed by atoms with Gasteiger partial charge in [-0.2, -0.15) is 5.10 Å². The van der Waals surface area contributed by atoms with Gasteiger partial charge in [-0.25, -0.2) is 9.97 Å². The molecule has 2 aromatic heterocycles. The fourth-order valence-corrected chi connectivity index (χ4v) is 4.56. The molecule has 31 heavy (non-hydrogen) atoms. The number of piperidine rings is 1. The first-order valence-corrected chi connectivity index (χ1v) is 11.3. The van der Waals surface area contributed by atoms with E-state index in [2.05, 4.69) is 38.2 Å². The number of likely N-dealkylation sites (tertiary alicyclic amines) is 1. The quantitative estimate of drug-likeness (QED) is 0.651. The summed E-state index contributed by atoms with van der Waals surface area (Å²) in [6.45, 7) is 2.22. The van der Waals surface area contributed by atoms with Crippen molar-refractivity contribution in [1.29, 1.82) is 0 Å². The molecule has 1 aliphatic heterocycles. The summed E-state index contributed by atoms with van der Waals surface area (Å²) in [7, 11) is 2.17. The molecule has 0 bridgehead atoms. The molecule has 2 fully saturated rings. The van der Waals surface area contributed by atoms with Crippen molar-refractivity contribution in [3.8, 4) is 5.75 Å². The van der Waals surface area contributed by atoms with Crippen LogP contribution >= 0.6 is 0 Å². The molecule has 3 heterocycles. The van der Waals surface area contributed by atoms with Crippen molar-refractivity contribution in [1.82, 2.24) is 24.6 Å². The first-order valence-electron chi connectivity index (χ1n) is 11.3. The van der Waals surface area contributed by atoms with E-state index in [-0.39, 0.29) is 6.10 Å². The number of rotatable bonds is 5. The summed E-state index contributed by atoms with van der Waals surface area (Å²) >= 11 is 0. The van der Waals surface area contributed by atoms with E-state index in [1.165, 1.54) is 0 Å². The number of ether oxygens (including phenoxy) is 1. The molecule has 3 N–H and O–H groups in total. The van der Waals surface area contributed by atoms with Gasteiger partial charge in [0.2, 0.25) is 5.95 Å². The summed E-state index contributed by atoms with van der Waals surface area (Å²) in [5.41, 5.74) is 7.77. The van der Waals surface area contributed by atoms with E-state index in [1.54, 1.807) is 0 Å². The number of hydrogen-bond acceptors (Lipinski definition) is 7. The summed E-state index contributed by atoms with van der Waals surface area (Å²) in [5, 5.41) is 8.85. The van der Waals surface area contributed by atoms with Crippen LogP contribution < -0.4 is 15.8 Å². The molecule has 8 heteroatoms. The summed E-state index contributed by atoms with van der Waals surface area (Å²) < 4.78 is 8.39. The average molecular weight is 422 g/mol. The van der Waals surface area contributed by atoms with Crippen LogP contribution in [0.3, 0.4) is 0 Å².